The fraction of sp³-hybridized carbons (Fsp3) is 0.929. The standard InChI is InChI=1S/C14H28N2O2/c1-5-18-14(17)13(15-4)7-9-16-8-6-11(2)12(3)10-16/h11-13,15H,5-10H2,1-4H3. The number of likely N-dealkylation sites (tertiary alicyclic amines) is 1. The van der Waals surface area contributed by atoms with E-state index in [-0.39, 0.29) is 12.0 Å². The van der Waals surface area contributed by atoms with Crippen molar-refractivity contribution >= 4 is 5.97 Å². The first-order chi connectivity index (χ1) is 8.58. The summed E-state index contributed by atoms with van der Waals surface area (Å²) in [6.07, 6.45) is 2.10. The fourth-order valence-corrected chi connectivity index (χ4v) is 2.49. The van der Waals surface area contributed by atoms with Crippen LogP contribution in [0.15, 0.2) is 0 Å². The SMILES string of the molecule is CCOC(=O)C(CCN1CCC(C)C(C)C1)NC. The van der Waals surface area contributed by atoms with Crippen molar-refractivity contribution in [2.45, 2.75) is 39.7 Å². The summed E-state index contributed by atoms with van der Waals surface area (Å²) in [7, 11) is 1.82. The van der Waals surface area contributed by atoms with E-state index in [4.69, 9.17) is 4.74 Å². The maximum atomic E-state index is 11.7. The molecule has 0 bridgehead atoms. The van der Waals surface area contributed by atoms with Crippen LogP contribution in [-0.2, 0) is 9.53 Å². The van der Waals surface area contributed by atoms with Crippen molar-refractivity contribution in [1.82, 2.24) is 10.2 Å². The van der Waals surface area contributed by atoms with Gasteiger partial charge in [-0.2, -0.15) is 0 Å². The number of nitrogens with zero attached hydrogens (tertiary/aromatic N) is 1. The second kappa shape index (κ2) is 7.74. The molecule has 0 aromatic heterocycles. The van der Waals surface area contributed by atoms with Gasteiger partial charge in [0.1, 0.15) is 6.04 Å². The van der Waals surface area contributed by atoms with Crippen LogP contribution in [0, 0.1) is 11.8 Å². The van der Waals surface area contributed by atoms with Crippen molar-refractivity contribution in [2.24, 2.45) is 11.8 Å². The molecular weight excluding hydrogens is 228 g/mol. The van der Waals surface area contributed by atoms with E-state index in [2.05, 4.69) is 24.1 Å². The molecule has 0 aromatic rings. The Kier molecular flexibility index (Phi) is 6.65. The van der Waals surface area contributed by atoms with Crippen LogP contribution in [0.5, 0.6) is 0 Å². The van der Waals surface area contributed by atoms with Gasteiger partial charge in [-0.25, -0.2) is 0 Å². The van der Waals surface area contributed by atoms with Crippen LogP contribution in [0.2, 0.25) is 0 Å². The summed E-state index contributed by atoms with van der Waals surface area (Å²) in [5.74, 6) is 1.46. The zero-order valence-electron chi connectivity index (χ0n) is 12.2. The van der Waals surface area contributed by atoms with Gasteiger partial charge in [-0.15, -0.1) is 0 Å². The van der Waals surface area contributed by atoms with E-state index < -0.39 is 0 Å². The Hall–Kier alpha value is -0.610. The second-order valence-electron chi connectivity index (χ2n) is 5.43. The zero-order chi connectivity index (χ0) is 13.5. The number of esters is 1. The van der Waals surface area contributed by atoms with Gasteiger partial charge in [-0.1, -0.05) is 13.8 Å². The second-order valence-corrected chi connectivity index (χ2v) is 5.43. The number of likely N-dealkylation sites (N-methyl/N-ethyl adjacent to an activating group) is 1. The van der Waals surface area contributed by atoms with E-state index in [9.17, 15) is 4.79 Å². The minimum Gasteiger partial charge on any atom is -0.465 e. The Morgan fingerprint density at radius 3 is 2.72 bits per heavy atom. The maximum Gasteiger partial charge on any atom is 0.323 e. The number of piperidine rings is 1. The lowest BCUT2D eigenvalue weighted by Gasteiger charge is -2.35. The highest BCUT2D eigenvalue weighted by atomic mass is 16.5. The lowest BCUT2D eigenvalue weighted by Crippen LogP contribution is -2.43. The van der Waals surface area contributed by atoms with Gasteiger partial charge in [0.15, 0.2) is 0 Å². The molecule has 1 heterocycles. The molecule has 3 atom stereocenters. The molecule has 1 saturated heterocycles. The third kappa shape index (κ3) is 4.58. The third-order valence-electron chi connectivity index (χ3n) is 4.07. The third-order valence-corrected chi connectivity index (χ3v) is 4.07. The van der Waals surface area contributed by atoms with Gasteiger partial charge in [-0.05, 0) is 45.2 Å². The largest absolute Gasteiger partial charge is 0.465 e. The molecule has 1 rings (SSSR count). The van der Waals surface area contributed by atoms with Crippen LogP contribution in [0.4, 0.5) is 0 Å². The quantitative estimate of drug-likeness (QED) is 0.731. The molecule has 0 amide bonds. The zero-order valence-corrected chi connectivity index (χ0v) is 12.2. The van der Waals surface area contributed by atoms with E-state index in [1.165, 1.54) is 6.42 Å². The van der Waals surface area contributed by atoms with Crippen molar-refractivity contribution in [3.8, 4) is 0 Å². The first-order valence-electron chi connectivity index (χ1n) is 7.14. The number of carbonyl (C=O) groups is 1. The van der Waals surface area contributed by atoms with Crippen molar-refractivity contribution in [3.63, 3.8) is 0 Å². The molecule has 4 nitrogen and oxygen atoms in total. The van der Waals surface area contributed by atoms with Crippen molar-refractivity contribution in [3.05, 3.63) is 0 Å². The van der Waals surface area contributed by atoms with Gasteiger partial charge in [0, 0.05) is 13.1 Å². The molecule has 4 heteroatoms. The predicted molar refractivity (Wildman–Crippen MR) is 73.5 cm³/mol. The molecule has 106 valence electrons. The first-order valence-corrected chi connectivity index (χ1v) is 7.14. The Morgan fingerprint density at radius 1 is 1.44 bits per heavy atom. The minimum atomic E-state index is -0.167. The van der Waals surface area contributed by atoms with E-state index in [0.717, 1.165) is 37.9 Å². The van der Waals surface area contributed by atoms with Gasteiger partial charge in [0.25, 0.3) is 0 Å². The van der Waals surface area contributed by atoms with Gasteiger partial charge < -0.3 is 15.0 Å². The molecule has 0 aromatic carbocycles. The Balaban J connectivity index is 2.32. The summed E-state index contributed by atoms with van der Waals surface area (Å²) in [6.45, 7) is 10.2. The monoisotopic (exact) mass is 256 g/mol. The molecule has 0 saturated carbocycles. The molecular formula is C14H28N2O2. The minimum absolute atomic E-state index is 0.126. The van der Waals surface area contributed by atoms with Crippen LogP contribution >= 0.6 is 0 Å². The van der Waals surface area contributed by atoms with Gasteiger partial charge in [-0.3, -0.25) is 4.79 Å². The van der Waals surface area contributed by atoms with E-state index >= 15 is 0 Å². The first kappa shape index (κ1) is 15.4. The van der Waals surface area contributed by atoms with Gasteiger partial charge >= 0.3 is 5.97 Å². The summed E-state index contributed by atoms with van der Waals surface area (Å²) in [5, 5.41) is 3.04. The lowest BCUT2D eigenvalue weighted by molar-refractivity contribution is -0.145. The highest BCUT2D eigenvalue weighted by Gasteiger charge is 2.24. The number of hydrogen-bond acceptors (Lipinski definition) is 4. The molecule has 3 unspecified atom stereocenters. The molecule has 0 spiro atoms. The summed E-state index contributed by atoms with van der Waals surface area (Å²) >= 11 is 0. The average molecular weight is 256 g/mol. The molecule has 1 aliphatic heterocycles. The van der Waals surface area contributed by atoms with E-state index in [1.54, 1.807) is 0 Å². The number of carbonyl (C=O) groups excluding carboxylic acids is 1. The molecule has 1 N–H and O–H groups in total. The normalized spacial score (nSPS) is 26.9. The van der Waals surface area contributed by atoms with Gasteiger partial charge in [0.2, 0.25) is 0 Å². The van der Waals surface area contributed by atoms with Crippen LogP contribution in [-0.4, -0.2) is 50.2 Å². The van der Waals surface area contributed by atoms with Crippen LogP contribution in [0.3, 0.4) is 0 Å². The number of ether oxygens (including phenoxy) is 1. The molecule has 0 aliphatic carbocycles. The number of rotatable bonds is 6. The number of nitrogens with one attached hydrogen (secondary N) is 1. The summed E-state index contributed by atoms with van der Waals surface area (Å²) < 4.78 is 5.05. The van der Waals surface area contributed by atoms with Crippen molar-refractivity contribution in [2.75, 3.05) is 33.3 Å². The number of hydrogen-bond donors (Lipinski definition) is 1. The van der Waals surface area contributed by atoms with E-state index in [1.807, 2.05) is 14.0 Å². The highest BCUT2D eigenvalue weighted by Crippen LogP contribution is 2.22. The van der Waals surface area contributed by atoms with Crippen molar-refractivity contribution < 1.29 is 9.53 Å². The highest BCUT2D eigenvalue weighted by molar-refractivity contribution is 5.75. The Labute approximate surface area is 111 Å². The molecule has 0 radical (unpaired) electrons. The Morgan fingerprint density at radius 2 is 2.17 bits per heavy atom. The maximum absolute atomic E-state index is 11.7. The molecule has 1 aliphatic rings. The Bertz CT molecular complexity index is 258. The average Bonchev–Trinajstić information content (AvgIpc) is 2.34. The lowest BCUT2D eigenvalue weighted by atomic mass is 9.88. The summed E-state index contributed by atoms with van der Waals surface area (Å²) in [4.78, 5) is 14.1. The topological polar surface area (TPSA) is 41.6 Å². The fourth-order valence-electron chi connectivity index (χ4n) is 2.49. The molecule has 1 fully saturated rings. The summed E-state index contributed by atoms with van der Waals surface area (Å²) in [5.41, 5.74) is 0. The molecule has 18 heavy (non-hydrogen) atoms. The van der Waals surface area contributed by atoms with Gasteiger partial charge in [0.05, 0.1) is 6.61 Å². The smallest absolute Gasteiger partial charge is 0.323 e. The van der Waals surface area contributed by atoms with Crippen LogP contribution < -0.4 is 5.32 Å². The van der Waals surface area contributed by atoms with E-state index in [0.29, 0.717) is 6.61 Å². The van der Waals surface area contributed by atoms with Crippen molar-refractivity contribution in [1.29, 1.82) is 0 Å². The summed E-state index contributed by atoms with van der Waals surface area (Å²) in [6, 6.07) is -0.167. The van der Waals surface area contributed by atoms with Crippen LogP contribution in [0.1, 0.15) is 33.6 Å². The predicted octanol–water partition coefficient (Wildman–Crippen LogP) is 1.51. The van der Waals surface area contributed by atoms with Crippen LogP contribution in [0.25, 0.3) is 0 Å².